The molecule has 0 fully saturated rings. The second kappa shape index (κ2) is 4.06. The van der Waals surface area contributed by atoms with Gasteiger partial charge in [0.25, 0.3) is 5.56 Å². The van der Waals surface area contributed by atoms with Gasteiger partial charge in [0.05, 0.1) is 10.7 Å². The summed E-state index contributed by atoms with van der Waals surface area (Å²) in [5.74, 6) is 0.00919. The average Bonchev–Trinajstić information content (AvgIpc) is 2.20. The van der Waals surface area contributed by atoms with Gasteiger partial charge in [0, 0.05) is 11.6 Å². The summed E-state index contributed by atoms with van der Waals surface area (Å²) < 4.78 is 13.0. The van der Waals surface area contributed by atoms with Crippen LogP contribution in [0.4, 0.5) is 4.39 Å². The number of H-pyrrole nitrogens is 1. The monoisotopic (exact) mass is 238 g/mol. The Morgan fingerprint density at radius 3 is 2.75 bits per heavy atom. The number of nitrogens with zero attached hydrogens (tertiary/aromatic N) is 1. The highest BCUT2D eigenvalue weighted by Crippen LogP contribution is 2.22. The zero-order valence-corrected chi connectivity index (χ0v) is 9.18. The van der Waals surface area contributed by atoms with E-state index in [4.69, 9.17) is 11.6 Å². The highest BCUT2D eigenvalue weighted by Gasteiger charge is 2.05. The third-order valence-corrected chi connectivity index (χ3v) is 2.37. The summed E-state index contributed by atoms with van der Waals surface area (Å²) in [6.45, 7) is 1.68. The van der Waals surface area contributed by atoms with Gasteiger partial charge in [0.2, 0.25) is 0 Å². The number of aromatic nitrogens is 2. The lowest BCUT2D eigenvalue weighted by Crippen LogP contribution is -2.08. The molecule has 1 aromatic carbocycles. The van der Waals surface area contributed by atoms with Crippen molar-refractivity contribution < 1.29 is 4.39 Å². The predicted octanol–water partition coefficient (Wildman–Crippen LogP) is 2.54. The second-order valence-electron chi connectivity index (χ2n) is 3.34. The molecule has 0 bridgehead atoms. The van der Waals surface area contributed by atoms with E-state index in [2.05, 4.69) is 9.97 Å². The van der Waals surface area contributed by atoms with E-state index in [0.717, 1.165) is 0 Å². The number of halogens is 2. The maximum absolute atomic E-state index is 13.0. The van der Waals surface area contributed by atoms with Crippen molar-refractivity contribution in [2.24, 2.45) is 0 Å². The van der Waals surface area contributed by atoms with Gasteiger partial charge in [0.15, 0.2) is 0 Å². The smallest absolute Gasteiger partial charge is 0.251 e. The molecular weight excluding hydrogens is 231 g/mol. The minimum Gasteiger partial charge on any atom is -0.311 e. The number of hydrogen-bond acceptors (Lipinski definition) is 2. The Bertz CT molecular complexity index is 595. The van der Waals surface area contributed by atoms with E-state index >= 15 is 0 Å². The van der Waals surface area contributed by atoms with Gasteiger partial charge < -0.3 is 4.98 Å². The Hall–Kier alpha value is -1.68. The molecule has 0 aliphatic carbocycles. The van der Waals surface area contributed by atoms with Gasteiger partial charge in [-0.05, 0) is 25.1 Å². The Labute approximate surface area is 95.9 Å². The Morgan fingerprint density at radius 1 is 1.38 bits per heavy atom. The van der Waals surface area contributed by atoms with Crippen molar-refractivity contribution in [1.82, 2.24) is 9.97 Å². The van der Waals surface area contributed by atoms with Crippen LogP contribution in [0.5, 0.6) is 0 Å². The van der Waals surface area contributed by atoms with Crippen LogP contribution in [0.25, 0.3) is 11.3 Å². The summed E-state index contributed by atoms with van der Waals surface area (Å²) in [5.41, 5.74) is 0.840. The topological polar surface area (TPSA) is 45.8 Å². The number of benzene rings is 1. The Morgan fingerprint density at radius 2 is 2.12 bits per heavy atom. The lowest BCUT2D eigenvalue weighted by Gasteiger charge is -2.02. The van der Waals surface area contributed by atoms with Crippen molar-refractivity contribution in [2.75, 3.05) is 0 Å². The normalized spacial score (nSPS) is 10.4. The van der Waals surface area contributed by atoms with Crippen LogP contribution in [0.3, 0.4) is 0 Å². The summed E-state index contributed by atoms with van der Waals surface area (Å²) in [5, 5.41) is 0.0113. The molecule has 5 heteroatoms. The fourth-order valence-electron chi connectivity index (χ4n) is 1.38. The molecule has 16 heavy (non-hydrogen) atoms. The fourth-order valence-corrected chi connectivity index (χ4v) is 1.56. The molecule has 2 aromatic rings. The molecule has 0 spiro atoms. The van der Waals surface area contributed by atoms with Gasteiger partial charge in [-0.25, -0.2) is 9.37 Å². The van der Waals surface area contributed by atoms with Crippen LogP contribution in [-0.4, -0.2) is 9.97 Å². The van der Waals surface area contributed by atoms with Crippen LogP contribution >= 0.6 is 11.6 Å². The van der Waals surface area contributed by atoms with Crippen LogP contribution in [0.15, 0.2) is 29.1 Å². The average molecular weight is 239 g/mol. The van der Waals surface area contributed by atoms with Crippen molar-refractivity contribution >= 4 is 11.6 Å². The molecule has 0 atom stereocenters. The van der Waals surface area contributed by atoms with E-state index in [-0.39, 0.29) is 10.6 Å². The lowest BCUT2D eigenvalue weighted by atomic mass is 10.1. The van der Waals surface area contributed by atoms with Crippen molar-refractivity contribution in [1.29, 1.82) is 0 Å². The highest BCUT2D eigenvalue weighted by molar-refractivity contribution is 6.31. The van der Waals surface area contributed by atoms with Crippen LogP contribution < -0.4 is 5.56 Å². The van der Waals surface area contributed by atoms with Gasteiger partial charge >= 0.3 is 0 Å². The molecule has 0 saturated heterocycles. The fraction of sp³-hybridized carbons (Fsp3) is 0.0909. The predicted molar refractivity (Wildman–Crippen MR) is 60.0 cm³/mol. The van der Waals surface area contributed by atoms with Gasteiger partial charge in [0.1, 0.15) is 11.6 Å². The van der Waals surface area contributed by atoms with Gasteiger partial charge in [-0.3, -0.25) is 4.79 Å². The SMILES string of the molecule is Cc1nc(-c2ccc(F)c(Cl)c2)cc(=O)[nH]1. The first-order valence-corrected chi connectivity index (χ1v) is 4.97. The molecule has 2 rings (SSSR count). The van der Waals surface area contributed by atoms with E-state index in [1.165, 1.54) is 24.3 Å². The number of nitrogens with one attached hydrogen (secondary N) is 1. The van der Waals surface area contributed by atoms with Crippen molar-refractivity contribution in [3.05, 3.63) is 51.3 Å². The van der Waals surface area contributed by atoms with Crippen molar-refractivity contribution in [2.45, 2.75) is 6.92 Å². The highest BCUT2D eigenvalue weighted by atomic mass is 35.5. The first-order chi connectivity index (χ1) is 7.56. The molecule has 3 nitrogen and oxygen atoms in total. The Kier molecular flexibility index (Phi) is 2.75. The summed E-state index contributed by atoms with van der Waals surface area (Å²) >= 11 is 5.65. The van der Waals surface area contributed by atoms with E-state index in [0.29, 0.717) is 17.1 Å². The van der Waals surface area contributed by atoms with E-state index in [1.807, 2.05) is 0 Å². The first kappa shape index (κ1) is 10.8. The molecule has 0 radical (unpaired) electrons. The lowest BCUT2D eigenvalue weighted by molar-refractivity contribution is 0.628. The number of rotatable bonds is 1. The van der Waals surface area contributed by atoms with Crippen LogP contribution in [0.1, 0.15) is 5.82 Å². The molecule has 82 valence electrons. The molecule has 1 N–H and O–H groups in total. The maximum Gasteiger partial charge on any atom is 0.251 e. The number of aromatic amines is 1. The van der Waals surface area contributed by atoms with E-state index in [1.54, 1.807) is 6.92 Å². The zero-order chi connectivity index (χ0) is 11.7. The van der Waals surface area contributed by atoms with E-state index in [9.17, 15) is 9.18 Å². The number of hydrogen-bond donors (Lipinski definition) is 1. The quantitative estimate of drug-likeness (QED) is 0.830. The molecule has 0 unspecified atom stereocenters. The molecule has 0 amide bonds. The van der Waals surface area contributed by atoms with Crippen molar-refractivity contribution in [3.63, 3.8) is 0 Å². The zero-order valence-electron chi connectivity index (χ0n) is 8.42. The minimum atomic E-state index is -0.494. The first-order valence-electron chi connectivity index (χ1n) is 4.59. The standard InChI is InChI=1S/C11H8ClFN2O/c1-6-14-10(5-11(16)15-6)7-2-3-9(13)8(12)4-7/h2-5H,1H3,(H,14,15,16). The summed E-state index contributed by atoms with van der Waals surface area (Å²) in [7, 11) is 0. The number of aryl methyl sites for hydroxylation is 1. The Balaban J connectivity index is 2.58. The van der Waals surface area contributed by atoms with Crippen molar-refractivity contribution in [3.8, 4) is 11.3 Å². The molecule has 0 saturated carbocycles. The largest absolute Gasteiger partial charge is 0.311 e. The van der Waals surface area contributed by atoms with Gasteiger partial charge in [-0.15, -0.1) is 0 Å². The molecule has 0 aliphatic heterocycles. The van der Waals surface area contributed by atoms with Gasteiger partial charge in [-0.2, -0.15) is 0 Å². The third-order valence-electron chi connectivity index (χ3n) is 2.08. The van der Waals surface area contributed by atoms with E-state index < -0.39 is 5.82 Å². The summed E-state index contributed by atoms with van der Waals surface area (Å²) in [6, 6.07) is 5.56. The minimum absolute atomic E-state index is 0.0113. The second-order valence-corrected chi connectivity index (χ2v) is 3.75. The summed E-state index contributed by atoms with van der Waals surface area (Å²) in [6.07, 6.45) is 0. The van der Waals surface area contributed by atoms with Crippen LogP contribution in [0.2, 0.25) is 5.02 Å². The summed E-state index contributed by atoms with van der Waals surface area (Å²) in [4.78, 5) is 17.9. The van der Waals surface area contributed by atoms with Crippen LogP contribution in [0, 0.1) is 12.7 Å². The third kappa shape index (κ3) is 2.12. The molecule has 1 heterocycles. The van der Waals surface area contributed by atoms with Crippen LogP contribution in [-0.2, 0) is 0 Å². The molecule has 0 aliphatic rings. The van der Waals surface area contributed by atoms with Gasteiger partial charge in [-0.1, -0.05) is 11.6 Å². The molecule has 1 aromatic heterocycles. The maximum atomic E-state index is 13.0. The molecular formula is C11H8ClFN2O.